The van der Waals surface area contributed by atoms with Crippen molar-refractivity contribution in [3.63, 3.8) is 0 Å². The van der Waals surface area contributed by atoms with Gasteiger partial charge in [0, 0.05) is 0 Å². The average molecular weight is 238 g/mol. The number of alkyl halides is 6. The van der Waals surface area contributed by atoms with Crippen LogP contribution in [0, 0.1) is 0 Å². The van der Waals surface area contributed by atoms with Crippen LogP contribution in [0.2, 0.25) is 0 Å². The molecule has 0 aromatic rings. The van der Waals surface area contributed by atoms with Gasteiger partial charge in [-0.25, -0.2) is 4.39 Å². The van der Waals surface area contributed by atoms with Crippen LogP contribution in [-0.4, -0.2) is 12.4 Å². The summed E-state index contributed by atoms with van der Waals surface area (Å²) in [6.07, 6.45) is -12.0. The summed E-state index contributed by atoms with van der Waals surface area (Å²) >= 11 is 0. The lowest BCUT2D eigenvalue weighted by atomic mass is 10.1. The molecule has 0 spiro atoms. The Morgan fingerprint density at radius 3 is 1.60 bits per heavy atom. The highest BCUT2D eigenvalue weighted by atomic mass is 19.4. The van der Waals surface area contributed by atoms with Gasteiger partial charge < -0.3 is 0 Å². The van der Waals surface area contributed by atoms with E-state index in [-0.39, 0.29) is 6.42 Å². The van der Waals surface area contributed by atoms with Gasteiger partial charge in [0.05, 0.1) is 0 Å². The molecule has 7 heteroatoms. The molecule has 0 rings (SSSR count). The van der Waals surface area contributed by atoms with Gasteiger partial charge in [0.25, 0.3) is 0 Å². The summed E-state index contributed by atoms with van der Waals surface area (Å²) in [5.74, 6) is -2.14. The van der Waals surface area contributed by atoms with Crippen molar-refractivity contribution in [3.05, 3.63) is 11.4 Å². The fourth-order valence-electron chi connectivity index (χ4n) is 0.925. The first-order valence-electron chi connectivity index (χ1n) is 4.13. The highest BCUT2D eigenvalue weighted by Crippen LogP contribution is 2.41. The van der Waals surface area contributed by atoms with Crippen LogP contribution in [0.3, 0.4) is 0 Å². The Labute approximate surface area is 81.8 Å². The maximum Gasteiger partial charge on any atom is 0.423 e. The van der Waals surface area contributed by atoms with E-state index >= 15 is 0 Å². The number of allylic oxidation sites excluding steroid dienone is 2. The molecule has 0 heterocycles. The van der Waals surface area contributed by atoms with E-state index in [2.05, 4.69) is 0 Å². The van der Waals surface area contributed by atoms with Crippen LogP contribution in [0.1, 0.15) is 26.2 Å². The Bertz CT molecular complexity index is 216. The van der Waals surface area contributed by atoms with E-state index in [0.717, 1.165) is 0 Å². The number of rotatable bonds is 3. The van der Waals surface area contributed by atoms with Gasteiger partial charge in [0.1, 0.15) is 5.83 Å². The average Bonchev–Trinajstić information content (AvgIpc) is 1.94. The molecule has 0 unspecified atom stereocenters. The minimum absolute atomic E-state index is 0.0541. The Morgan fingerprint density at radius 2 is 1.33 bits per heavy atom. The standard InChI is InChI=1S/C8H9F7/c1-2-3-4-5(9)6(7(10,11)12)8(13,14)15/h2-4H2,1H3. The molecule has 0 aliphatic heterocycles. The second-order valence-electron chi connectivity index (χ2n) is 2.88. The third-order valence-electron chi connectivity index (χ3n) is 1.59. The van der Waals surface area contributed by atoms with Gasteiger partial charge in [-0.15, -0.1) is 0 Å². The fraction of sp³-hybridized carbons (Fsp3) is 0.750. The molecule has 90 valence electrons. The van der Waals surface area contributed by atoms with Crippen molar-refractivity contribution >= 4 is 0 Å². The molecule has 0 saturated heterocycles. The van der Waals surface area contributed by atoms with Crippen molar-refractivity contribution in [2.75, 3.05) is 0 Å². The van der Waals surface area contributed by atoms with E-state index in [0.29, 0.717) is 6.42 Å². The first kappa shape index (κ1) is 14.2. The van der Waals surface area contributed by atoms with Crippen molar-refractivity contribution in [3.8, 4) is 0 Å². The molecule has 0 aliphatic carbocycles. The summed E-state index contributed by atoms with van der Waals surface area (Å²) in [6, 6.07) is 0. The third kappa shape index (κ3) is 4.53. The molecular formula is C8H9F7. The van der Waals surface area contributed by atoms with Gasteiger partial charge >= 0.3 is 12.4 Å². The van der Waals surface area contributed by atoms with Gasteiger partial charge in [0.15, 0.2) is 5.57 Å². The van der Waals surface area contributed by atoms with E-state index in [1.807, 2.05) is 0 Å². The minimum atomic E-state index is -5.70. The molecule has 0 atom stereocenters. The number of hydrogen-bond acceptors (Lipinski definition) is 0. The monoisotopic (exact) mass is 238 g/mol. The van der Waals surface area contributed by atoms with Crippen LogP contribution in [0.4, 0.5) is 30.7 Å². The van der Waals surface area contributed by atoms with Crippen LogP contribution in [0.5, 0.6) is 0 Å². The van der Waals surface area contributed by atoms with Gasteiger partial charge in [-0.1, -0.05) is 13.3 Å². The first-order chi connectivity index (χ1) is 6.60. The third-order valence-corrected chi connectivity index (χ3v) is 1.59. The zero-order valence-electron chi connectivity index (χ0n) is 7.77. The normalized spacial score (nSPS) is 12.8. The molecule has 0 aromatic heterocycles. The number of unbranched alkanes of at least 4 members (excludes halogenated alkanes) is 1. The van der Waals surface area contributed by atoms with Crippen LogP contribution in [0.15, 0.2) is 11.4 Å². The minimum Gasteiger partial charge on any atom is -0.211 e. The van der Waals surface area contributed by atoms with Crippen LogP contribution in [-0.2, 0) is 0 Å². The Hall–Kier alpha value is -0.750. The smallest absolute Gasteiger partial charge is 0.211 e. The lowest BCUT2D eigenvalue weighted by molar-refractivity contribution is -0.174. The van der Waals surface area contributed by atoms with E-state index in [1.54, 1.807) is 0 Å². The summed E-state index contributed by atoms with van der Waals surface area (Å²) < 4.78 is 83.9. The van der Waals surface area contributed by atoms with Crippen molar-refractivity contribution in [2.24, 2.45) is 0 Å². The van der Waals surface area contributed by atoms with Crippen molar-refractivity contribution in [2.45, 2.75) is 38.5 Å². The molecule has 0 bridgehead atoms. The van der Waals surface area contributed by atoms with Crippen LogP contribution >= 0.6 is 0 Å². The number of halogens is 7. The van der Waals surface area contributed by atoms with Crippen LogP contribution < -0.4 is 0 Å². The molecule has 0 radical (unpaired) electrons. The highest BCUT2D eigenvalue weighted by Gasteiger charge is 2.53. The van der Waals surface area contributed by atoms with Gasteiger partial charge in [-0.3, -0.25) is 0 Å². The second-order valence-corrected chi connectivity index (χ2v) is 2.88. The van der Waals surface area contributed by atoms with Gasteiger partial charge in [-0.05, 0) is 12.8 Å². The molecule has 0 aromatic carbocycles. The zero-order chi connectivity index (χ0) is 12.3. The summed E-state index contributed by atoms with van der Waals surface area (Å²) in [5, 5.41) is 0. The van der Waals surface area contributed by atoms with Gasteiger partial charge in [0.2, 0.25) is 0 Å². The summed E-state index contributed by atoms with van der Waals surface area (Å²) in [6.45, 7) is 1.54. The summed E-state index contributed by atoms with van der Waals surface area (Å²) in [4.78, 5) is 0. The molecular weight excluding hydrogens is 229 g/mol. The zero-order valence-corrected chi connectivity index (χ0v) is 7.77. The van der Waals surface area contributed by atoms with Crippen molar-refractivity contribution in [1.82, 2.24) is 0 Å². The molecule has 0 saturated carbocycles. The van der Waals surface area contributed by atoms with Gasteiger partial charge in [-0.2, -0.15) is 26.3 Å². The predicted octanol–water partition coefficient (Wildman–Crippen LogP) is 4.52. The van der Waals surface area contributed by atoms with E-state index in [1.165, 1.54) is 6.92 Å². The quantitative estimate of drug-likeness (QED) is 0.634. The lowest BCUT2D eigenvalue weighted by Crippen LogP contribution is -2.27. The molecule has 15 heavy (non-hydrogen) atoms. The Balaban J connectivity index is 5.10. The Morgan fingerprint density at radius 1 is 0.933 bits per heavy atom. The molecule has 0 N–H and O–H groups in total. The first-order valence-corrected chi connectivity index (χ1v) is 4.13. The highest BCUT2D eigenvalue weighted by molar-refractivity contribution is 5.19. The summed E-state index contributed by atoms with van der Waals surface area (Å²) in [5.41, 5.74) is -3.02. The van der Waals surface area contributed by atoms with Crippen LogP contribution in [0.25, 0.3) is 0 Å². The molecule has 0 fully saturated rings. The molecule has 0 nitrogen and oxygen atoms in total. The van der Waals surface area contributed by atoms with E-state index in [4.69, 9.17) is 0 Å². The lowest BCUT2D eigenvalue weighted by Gasteiger charge is -2.15. The predicted molar refractivity (Wildman–Crippen MR) is 39.8 cm³/mol. The van der Waals surface area contributed by atoms with Crippen molar-refractivity contribution in [1.29, 1.82) is 0 Å². The topological polar surface area (TPSA) is 0 Å². The van der Waals surface area contributed by atoms with E-state index < -0.39 is 30.2 Å². The summed E-state index contributed by atoms with van der Waals surface area (Å²) in [7, 11) is 0. The maximum atomic E-state index is 12.7. The second kappa shape index (κ2) is 4.85. The van der Waals surface area contributed by atoms with E-state index in [9.17, 15) is 30.7 Å². The van der Waals surface area contributed by atoms with Crippen molar-refractivity contribution < 1.29 is 30.7 Å². The molecule has 0 aliphatic rings. The largest absolute Gasteiger partial charge is 0.423 e. The Kier molecular flexibility index (Phi) is 4.61. The number of hydrogen-bond donors (Lipinski definition) is 0. The SMILES string of the molecule is CCCCC(F)=C(C(F)(F)F)C(F)(F)F. The molecule has 0 amide bonds. The maximum absolute atomic E-state index is 12.7. The fourth-order valence-corrected chi connectivity index (χ4v) is 0.925.